The third-order valence-corrected chi connectivity index (χ3v) is 4.62. The van der Waals surface area contributed by atoms with E-state index in [2.05, 4.69) is 10.3 Å². The topological polar surface area (TPSA) is 99.7 Å². The maximum atomic E-state index is 11.4. The molecule has 0 aromatic carbocycles. The Morgan fingerprint density at radius 3 is 2.52 bits per heavy atom. The lowest BCUT2D eigenvalue weighted by Gasteiger charge is -2.32. The quantitative estimate of drug-likeness (QED) is 0.505. The highest BCUT2D eigenvalue weighted by molar-refractivity contribution is 6.62. The first-order valence-corrected chi connectivity index (χ1v) is 7.96. The lowest BCUT2D eigenvalue weighted by molar-refractivity contribution is -0.384. The number of anilines is 1. The van der Waals surface area contributed by atoms with Gasteiger partial charge in [-0.25, -0.2) is 4.98 Å². The average Bonchev–Trinajstić information content (AvgIpc) is 3.11. The number of aromatic nitrogens is 1. The van der Waals surface area contributed by atoms with Gasteiger partial charge in [0.2, 0.25) is 5.82 Å². The molecule has 2 aromatic heterocycles. The lowest BCUT2D eigenvalue weighted by Crippen LogP contribution is -2.41. The molecule has 1 fully saturated rings. The molecule has 1 aliphatic heterocycles. The third kappa shape index (κ3) is 3.38. The number of pyridine rings is 1. The molecule has 1 N–H and O–H groups in total. The molecule has 1 saturated heterocycles. The number of hydrogen-bond donors (Lipinski definition) is 1. The van der Waals surface area contributed by atoms with Crippen LogP contribution >= 0.6 is 0 Å². The van der Waals surface area contributed by atoms with Gasteiger partial charge in [0.25, 0.3) is 0 Å². The van der Waals surface area contributed by atoms with Crippen molar-refractivity contribution in [3.8, 4) is 0 Å². The van der Waals surface area contributed by atoms with E-state index in [-0.39, 0.29) is 11.5 Å². The van der Waals surface area contributed by atoms with Gasteiger partial charge in [0.05, 0.1) is 28.9 Å². The Balaban J connectivity index is 1.83. The zero-order valence-corrected chi connectivity index (χ0v) is 14.6. The molecule has 0 spiro atoms. The highest BCUT2D eigenvalue weighted by Gasteiger charge is 2.52. The standard InChI is InChI=1S/C16H20BN3O5/c1-15(2)16(3,4)25-17(24-15)11-8-13(20(21)22)14(18-9-11)19-10-12-6-5-7-23-12/h5-9H,10H2,1-4H3,(H,18,19). The normalized spacial score (nSPS) is 18.3. The van der Waals surface area contributed by atoms with E-state index in [1.165, 1.54) is 12.3 Å². The van der Waals surface area contributed by atoms with E-state index in [0.717, 1.165) is 0 Å². The van der Waals surface area contributed by atoms with Crippen LogP contribution in [0.5, 0.6) is 0 Å². The maximum absolute atomic E-state index is 11.4. The third-order valence-electron chi connectivity index (χ3n) is 4.62. The van der Waals surface area contributed by atoms with E-state index in [0.29, 0.717) is 17.8 Å². The summed E-state index contributed by atoms with van der Waals surface area (Å²) in [5, 5.41) is 14.3. The molecular weight excluding hydrogens is 325 g/mol. The summed E-state index contributed by atoms with van der Waals surface area (Å²) in [6, 6.07) is 4.96. The number of hydrogen-bond acceptors (Lipinski definition) is 7. The van der Waals surface area contributed by atoms with Crippen LogP contribution < -0.4 is 10.8 Å². The number of rotatable bonds is 5. The molecule has 0 radical (unpaired) electrons. The van der Waals surface area contributed by atoms with Crippen molar-refractivity contribution in [2.75, 3.05) is 5.32 Å². The highest BCUT2D eigenvalue weighted by atomic mass is 16.7. The summed E-state index contributed by atoms with van der Waals surface area (Å²) >= 11 is 0. The molecule has 3 rings (SSSR count). The Kier molecular flexibility index (Phi) is 4.30. The lowest BCUT2D eigenvalue weighted by atomic mass is 9.80. The van der Waals surface area contributed by atoms with E-state index in [1.54, 1.807) is 18.4 Å². The molecule has 0 bridgehead atoms. The second-order valence-corrected chi connectivity index (χ2v) is 6.91. The Morgan fingerprint density at radius 1 is 1.28 bits per heavy atom. The van der Waals surface area contributed by atoms with Gasteiger partial charge >= 0.3 is 12.8 Å². The fourth-order valence-corrected chi connectivity index (χ4v) is 2.44. The Hall–Kier alpha value is -2.39. The Bertz CT molecular complexity index is 760. The molecule has 0 saturated carbocycles. The predicted octanol–water partition coefficient (Wildman–Crippen LogP) is 2.49. The van der Waals surface area contributed by atoms with Gasteiger partial charge in [-0.2, -0.15) is 0 Å². The van der Waals surface area contributed by atoms with Gasteiger partial charge < -0.3 is 19.0 Å². The number of nitrogens with zero attached hydrogens (tertiary/aromatic N) is 2. The first-order chi connectivity index (χ1) is 11.7. The summed E-state index contributed by atoms with van der Waals surface area (Å²) in [5.41, 5.74) is -0.682. The average molecular weight is 345 g/mol. The molecule has 0 amide bonds. The predicted molar refractivity (Wildman–Crippen MR) is 92.6 cm³/mol. The SMILES string of the molecule is CC1(C)OB(c2cnc(NCc3ccco3)c([N+](=O)[O-])c2)OC1(C)C. The smallest absolute Gasteiger partial charge is 0.467 e. The van der Waals surface area contributed by atoms with Crippen LogP contribution in [0, 0.1) is 10.1 Å². The molecule has 8 nitrogen and oxygen atoms in total. The molecule has 132 valence electrons. The fraction of sp³-hybridized carbons (Fsp3) is 0.438. The van der Waals surface area contributed by atoms with Crippen molar-refractivity contribution >= 4 is 24.1 Å². The van der Waals surface area contributed by atoms with Crippen LogP contribution in [0.3, 0.4) is 0 Å². The van der Waals surface area contributed by atoms with Crippen LogP contribution in [-0.4, -0.2) is 28.2 Å². The van der Waals surface area contributed by atoms with Gasteiger partial charge in [0, 0.05) is 17.7 Å². The van der Waals surface area contributed by atoms with Gasteiger partial charge in [-0.3, -0.25) is 10.1 Å². The number of nitro groups is 1. The zero-order chi connectivity index (χ0) is 18.2. The molecule has 0 atom stereocenters. The number of furan rings is 1. The van der Waals surface area contributed by atoms with E-state index < -0.39 is 23.2 Å². The van der Waals surface area contributed by atoms with Crippen molar-refractivity contribution in [3.63, 3.8) is 0 Å². The minimum atomic E-state index is -0.699. The summed E-state index contributed by atoms with van der Waals surface area (Å²) in [6.07, 6.45) is 3.07. The van der Waals surface area contributed by atoms with Crippen LogP contribution in [-0.2, 0) is 15.9 Å². The highest BCUT2D eigenvalue weighted by Crippen LogP contribution is 2.36. The van der Waals surface area contributed by atoms with Crippen LogP contribution in [0.2, 0.25) is 0 Å². The van der Waals surface area contributed by atoms with Crippen LogP contribution in [0.25, 0.3) is 0 Å². The largest absolute Gasteiger partial charge is 0.496 e. The second kappa shape index (κ2) is 6.16. The molecule has 0 aliphatic carbocycles. The molecule has 3 heterocycles. The summed E-state index contributed by atoms with van der Waals surface area (Å²) in [5.74, 6) is 0.827. The summed E-state index contributed by atoms with van der Waals surface area (Å²) in [7, 11) is -0.699. The molecule has 1 aliphatic rings. The van der Waals surface area contributed by atoms with Gasteiger partial charge in [-0.05, 0) is 39.8 Å². The van der Waals surface area contributed by atoms with Crippen molar-refractivity contribution in [2.24, 2.45) is 0 Å². The van der Waals surface area contributed by atoms with Crippen LogP contribution in [0.15, 0.2) is 35.1 Å². The summed E-state index contributed by atoms with van der Waals surface area (Å²) in [6.45, 7) is 8.00. The van der Waals surface area contributed by atoms with Crippen molar-refractivity contribution in [1.82, 2.24) is 4.98 Å². The molecule has 0 unspecified atom stereocenters. The summed E-state index contributed by atoms with van der Waals surface area (Å²) < 4.78 is 17.1. The van der Waals surface area contributed by atoms with Crippen LogP contribution in [0.4, 0.5) is 11.5 Å². The second-order valence-electron chi connectivity index (χ2n) is 6.91. The fourth-order valence-electron chi connectivity index (χ4n) is 2.44. The minimum absolute atomic E-state index is 0.140. The van der Waals surface area contributed by atoms with Crippen molar-refractivity contribution in [2.45, 2.75) is 45.4 Å². The van der Waals surface area contributed by atoms with Gasteiger partial charge in [0.15, 0.2) is 0 Å². The number of nitrogens with one attached hydrogen (secondary N) is 1. The Labute approximate surface area is 145 Å². The van der Waals surface area contributed by atoms with Crippen molar-refractivity contribution in [3.05, 3.63) is 46.5 Å². The molecule has 9 heteroatoms. The molecular formula is C16H20BN3O5. The van der Waals surface area contributed by atoms with E-state index in [9.17, 15) is 10.1 Å². The van der Waals surface area contributed by atoms with Crippen LogP contribution in [0.1, 0.15) is 33.5 Å². The zero-order valence-electron chi connectivity index (χ0n) is 14.6. The van der Waals surface area contributed by atoms with Gasteiger partial charge in [-0.15, -0.1) is 0 Å². The van der Waals surface area contributed by atoms with E-state index in [4.69, 9.17) is 13.7 Å². The molecule has 2 aromatic rings. The first-order valence-electron chi connectivity index (χ1n) is 7.96. The van der Waals surface area contributed by atoms with Gasteiger partial charge in [-0.1, -0.05) is 0 Å². The summed E-state index contributed by atoms with van der Waals surface area (Å²) in [4.78, 5) is 15.1. The first kappa shape index (κ1) is 17.4. The van der Waals surface area contributed by atoms with E-state index >= 15 is 0 Å². The Morgan fingerprint density at radius 2 is 1.96 bits per heavy atom. The van der Waals surface area contributed by atoms with Gasteiger partial charge in [0.1, 0.15) is 5.76 Å². The minimum Gasteiger partial charge on any atom is -0.467 e. The van der Waals surface area contributed by atoms with Crippen molar-refractivity contribution in [1.29, 1.82) is 0 Å². The molecule has 25 heavy (non-hydrogen) atoms. The monoisotopic (exact) mass is 345 g/mol. The maximum Gasteiger partial charge on any atom is 0.496 e. The van der Waals surface area contributed by atoms with Crippen molar-refractivity contribution < 1.29 is 18.6 Å². The van der Waals surface area contributed by atoms with E-state index in [1.807, 2.05) is 27.7 Å².